The Morgan fingerprint density at radius 3 is 2.37 bits per heavy atom. The SMILES string of the molecule is C=C[C@@]1(C)CC[C@@H]([C@@]2(C)CC[C@H](C(C)(C)O)OO2)O1. The Morgan fingerprint density at radius 1 is 1.26 bits per heavy atom. The topological polar surface area (TPSA) is 47.9 Å². The number of aliphatic hydroxyl groups is 1. The third-order valence-electron chi connectivity index (χ3n) is 4.47. The predicted molar refractivity (Wildman–Crippen MR) is 72.6 cm³/mol. The molecule has 2 fully saturated rings. The van der Waals surface area contributed by atoms with Crippen molar-refractivity contribution >= 4 is 0 Å². The molecule has 0 amide bonds. The molecule has 110 valence electrons. The van der Waals surface area contributed by atoms with Gasteiger partial charge in [0.05, 0.1) is 17.3 Å². The molecule has 1 N–H and O–H groups in total. The van der Waals surface area contributed by atoms with Crippen LogP contribution >= 0.6 is 0 Å². The molecule has 2 saturated heterocycles. The van der Waals surface area contributed by atoms with Crippen molar-refractivity contribution in [3.8, 4) is 0 Å². The van der Waals surface area contributed by atoms with E-state index in [0.29, 0.717) is 0 Å². The predicted octanol–water partition coefficient (Wildman–Crippen LogP) is 2.75. The first kappa shape index (κ1) is 15.0. The molecule has 2 rings (SSSR count). The van der Waals surface area contributed by atoms with E-state index in [-0.39, 0.29) is 17.8 Å². The van der Waals surface area contributed by atoms with E-state index in [9.17, 15) is 5.11 Å². The minimum Gasteiger partial charge on any atom is -0.388 e. The van der Waals surface area contributed by atoms with Crippen molar-refractivity contribution in [2.24, 2.45) is 0 Å². The summed E-state index contributed by atoms with van der Waals surface area (Å²) in [6.07, 6.45) is 5.07. The van der Waals surface area contributed by atoms with Gasteiger partial charge in [0.1, 0.15) is 11.7 Å². The second kappa shape index (κ2) is 4.85. The monoisotopic (exact) mass is 270 g/mol. The molecule has 2 heterocycles. The first-order valence-corrected chi connectivity index (χ1v) is 7.07. The molecular weight excluding hydrogens is 244 g/mol. The van der Waals surface area contributed by atoms with Crippen molar-refractivity contribution in [1.29, 1.82) is 0 Å². The molecule has 0 spiro atoms. The van der Waals surface area contributed by atoms with E-state index in [0.717, 1.165) is 25.7 Å². The van der Waals surface area contributed by atoms with Crippen LogP contribution in [-0.4, -0.2) is 34.1 Å². The maximum Gasteiger partial charge on any atom is 0.127 e. The Labute approximate surface area is 115 Å². The summed E-state index contributed by atoms with van der Waals surface area (Å²) >= 11 is 0. The normalized spacial score (nSPS) is 44.3. The summed E-state index contributed by atoms with van der Waals surface area (Å²) in [5, 5.41) is 9.95. The van der Waals surface area contributed by atoms with Gasteiger partial charge in [-0.2, -0.15) is 0 Å². The van der Waals surface area contributed by atoms with Crippen molar-refractivity contribution in [3.05, 3.63) is 12.7 Å². The quantitative estimate of drug-likeness (QED) is 0.633. The second-order valence-corrected chi connectivity index (χ2v) is 6.84. The van der Waals surface area contributed by atoms with Gasteiger partial charge in [0.15, 0.2) is 0 Å². The molecule has 4 atom stereocenters. The van der Waals surface area contributed by atoms with E-state index in [1.807, 2.05) is 19.9 Å². The fourth-order valence-electron chi connectivity index (χ4n) is 2.80. The van der Waals surface area contributed by atoms with E-state index in [2.05, 4.69) is 6.58 Å². The highest BCUT2D eigenvalue weighted by molar-refractivity contribution is 5.03. The third-order valence-corrected chi connectivity index (χ3v) is 4.47. The van der Waals surface area contributed by atoms with Crippen LogP contribution in [0.4, 0.5) is 0 Å². The Kier molecular flexibility index (Phi) is 3.82. The summed E-state index contributed by atoms with van der Waals surface area (Å²) in [5.74, 6) is 0. The summed E-state index contributed by atoms with van der Waals surface area (Å²) in [6, 6.07) is 0. The zero-order valence-corrected chi connectivity index (χ0v) is 12.4. The molecule has 0 aromatic rings. The van der Waals surface area contributed by atoms with E-state index >= 15 is 0 Å². The van der Waals surface area contributed by atoms with E-state index in [1.54, 1.807) is 13.8 Å². The summed E-state index contributed by atoms with van der Waals surface area (Å²) in [5.41, 5.74) is -1.58. The first-order valence-electron chi connectivity index (χ1n) is 7.07. The van der Waals surface area contributed by atoms with Crippen LogP contribution in [0, 0.1) is 0 Å². The van der Waals surface area contributed by atoms with E-state index < -0.39 is 11.2 Å². The number of rotatable bonds is 3. The fraction of sp³-hybridized carbons (Fsp3) is 0.867. The molecule has 0 aromatic heterocycles. The number of hydrogen-bond acceptors (Lipinski definition) is 4. The van der Waals surface area contributed by atoms with Gasteiger partial charge in [-0.1, -0.05) is 6.08 Å². The minimum atomic E-state index is -0.881. The van der Waals surface area contributed by atoms with Gasteiger partial charge in [0.25, 0.3) is 0 Å². The molecule has 19 heavy (non-hydrogen) atoms. The van der Waals surface area contributed by atoms with Crippen molar-refractivity contribution < 1.29 is 19.6 Å². The van der Waals surface area contributed by atoms with Crippen LogP contribution in [-0.2, 0) is 14.5 Å². The Bertz CT molecular complexity index is 339. The van der Waals surface area contributed by atoms with Gasteiger partial charge >= 0.3 is 0 Å². The van der Waals surface area contributed by atoms with Gasteiger partial charge in [0, 0.05) is 0 Å². The van der Waals surface area contributed by atoms with Gasteiger partial charge in [0.2, 0.25) is 0 Å². The van der Waals surface area contributed by atoms with Crippen LogP contribution in [0.25, 0.3) is 0 Å². The zero-order valence-electron chi connectivity index (χ0n) is 12.4. The number of ether oxygens (including phenoxy) is 1. The lowest BCUT2D eigenvalue weighted by molar-refractivity contribution is -0.435. The summed E-state index contributed by atoms with van der Waals surface area (Å²) in [7, 11) is 0. The molecule has 0 unspecified atom stereocenters. The highest BCUT2D eigenvalue weighted by atomic mass is 17.2. The number of hydrogen-bond donors (Lipinski definition) is 1. The molecule has 0 saturated carbocycles. The molecule has 0 aromatic carbocycles. The van der Waals surface area contributed by atoms with Gasteiger partial charge in [-0.05, 0) is 53.4 Å². The van der Waals surface area contributed by atoms with Crippen molar-refractivity contribution in [2.45, 2.75) is 82.4 Å². The zero-order chi connectivity index (χ0) is 14.3. The van der Waals surface area contributed by atoms with Gasteiger partial charge in [-0.3, -0.25) is 0 Å². The molecule has 0 aliphatic carbocycles. The summed E-state index contributed by atoms with van der Waals surface area (Å²) in [6.45, 7) is 11.4. The highest BCUT2D eigenvalue weighted by Gasteiger charge is 2.49. The average Bonchev–Trinajstić information content (AvgIpc) is 2.73. The highest BCUT2D eigenvalue weighted by Crippen LogP contribution is 2.42. The Hall–Kier alpha value is -0.420. The van der Waals surface area contributed by atoms with E-state index in [4.69, 9.17) is 14.5 Å². The largest absolute Gasteiger partial charge is 0.388 e. The van der Waals surface area contributed by atoms with Crippen LogP contribution in [0.2, 0.25) is 0 Å². The van der Waals surface area contributed by atoms with Crippen molar-refractivity contribution in [1.82, 2.24) is 0 Å². The van der Waals surface area contributed by atoms with E-state index in [1.165, 1.54) is 0 Å². The molecule has 2 aliphatic heterocycles. The first-order chi connectivity index (χ1) is 8.69. The smallest absolute Gasteiger partial charge is 0.127 e. The standard InChI is InChI=1S/C15H26O4/c1-6-14(4)9-7-12(17-14)15(5)10-8-11(18-19-15)13(2,3)16/h6,11-12,16H,1,7-10H2,2-5H3/t11-,12+,14+,15-/m1/s1. The van der Waals surface area contributed by atoms with Crippen LogP contribution in [0.3, 0.4) is 0 Å². The lowest BCUT2D eigenvalue weighted by Crippen LogP contribution is -2.51. The Balaban J connectivity index is 1.98. The van der Waals surface area contributed by atoms with Gasteiger partial charge in [-0.15, -0.1) is 6.58 Å². The average molecular weight is 270 g/mol. The van der Waals surface area contributed by atoms with Crippen molar-refractivity contribution in [2.75, 3.05) is 0 Å². The second-order valence-electron chi connectivity index (χ2n) is 6.84. The maximum atomic E-state index is 9.95. The van der Waals surface area contributed by atoms with Crippen LogP contribution < -0.4 is 0 Å². The summed E-state index contributed by atoms with van der Waals surface area (Å²) in [4.78, 5) is 11.0. The fourth-order valence-corrected chi connectivity index (χ4v) is 2.80. The summed E-state index contributed by atoms with van der Waals surface area (Å²) < 4.78 is 6.08. The lowest BCUT2D eigenvalue weighted by atomic mass is 9.86. The van der Waals surface area contributed by atoms with Crippen molar-refractivity contribution in [3.63, 3.8) is 0 Å². The molecule has 4 nitrogen and oxygen atoms in total. The van der Waals surface area contributed by atoms with Gasteiger partial charge < -0.3 is 9.84 Å². The van der Waals surface area contributed by atoms with Crippen LogP contribution in [0.5, 0.6) is 0 Å². The third kappa shape index (κ3) is 3.02. The van der Waals surface area contributed by atoms with Crippen LogP contribution in [0.1, 0.15) is 53.4 Å². The van der Waals surface area contributed by atoms with Gasteiger partial charge in [-0.25, -0.2) is 9.78 Å². The molecule has 2 aliphatic rings. The molecule has 4 heteroatoms. The lowest BCUT2D eigenvalue weighted by Gasteiger charge is -2.42. The molecular formula is C15H26O4. The Morgan fingerprint density at radius 2 is 1.95 bits per heavy atom. The van der Waals surface area contributed by atoms with Crippen LogP contribution in [0.15, 0.2) is 12.7 Å². The molecule has 0 radical (unpaired) electrons. The molecule has 0 bridgehead atoms. The minimum absolute atomic E-state index is 0.0123. The maximum absolute atomic E-state index is 9.95.